The van der Waals surface area contributed by atoms with E-state index in [4.69, 9.17) is 9.47 Å². The molecule has 2 aromatic rings. The number of nitrogens with one attached hydrogen (secondary N) is 3. The maximum Gasteiger partial charge on any atom is 0.224 e. The molecule has 0 saturated carbocycles. The Balaban J connectivity index is 1.48. The van der Waals surface area contributed by atoms with Crippen molar-refractivity contribution in [1.82, 2.24) is 10.6 Å². The van der Waals surface area contributed by atoms with Crippen LogP contribution in [0.2, 0.25) is 0 Å². The standard InChI is InChI=1S/C22H28N4O3/c1-3-23-22(25-15-16-5-4-6-18(13-16)28-2)24-11-12-29-19-8-9-20-17(14-19)7-10-21(27)26-20/h4-6,8-9,13-14H,3,7,10-12,15H2,1-2H3,(H,26,27)(H2,23,24,25). The predicted octanol–water partition coefficient (Wildman–Crippen LogP) is 2.71. The van der Waals surface area contributed by atoms with Gasteiger partial charge in [-0.25, -0.2) is 4.99 Å². The largest absolute Gasteiger partial charge is 0.497 e. The summed E-state index contributed by atoms with van der Waals surface area (Å²) in [6.45, 7) is 4.50. The van der Waals surface area contributed by atoms with E-state index >= 15 is 0 Å². The van der Waals surface area contributed by atoms with Gasteiger partial charge in [-0.2, -0.15) is 0 Å². The third-order valence-electron chi connectivity index (χ3n) is 4.53. The molecule has 154 valence electrons. The van der Waals surface area contributed by atoms with Crippen molar-refractivity contribution in [2.24, 2.45) is 4.99 Å². The Morgan fingerprint density at radius 2 is 2.03 bits per heavy atom. The van der Waals surface area contributed by atoms with Gasteiger partial charge in [-0.1, -0.05) is 12.1 Å². The molecule has 1 aliphatic heterocycles. The van der Waals surface area contributed by atoms with Gasteiger partial charge in [0.25, 0.3) is 0 Å². The number of aliphatic imine (C=N–C) groups is 1. The number of rotatable bonds is 8. The molecule has 1 amide bonds. The molecule has 0 radical (unpaired) electrons. The highest BCUT2D eigenvalue weighted by atomic mass is 16.5. The number of anilines is 1. The molecule has 0 aromatic heterocycles. The molecule has 1 aliphatic rings. The van der Waals surface area contributed by atoms with Crippen molar-refractivity contribution in [3.05, 3.63) is 53.6 Å². The van der Waals surface area contributed by atoms with Gasteiger partial charge in [0.2, 0.25) is 5.91 Å². The van der Waals surface area contributed by atoms with E-state index in [-0.39, 0.29) is 5.91 Å². The molecule has 1 heterocycles. The van der Waals surface area contributed by atoms with Gasteiger partial charge in [-0.05, 0) is 54.8 Å². The summed E-state index contributed by atoms with van der Waals surface area (Å²) in [5.41, 5.74) is 3.08. The minimum absolute atomic E-state index is 0.0690. The first-order chi connectivity index (χ1) is 14.2. The Kier molecular flexibility index (Phi) is 7.33. The molecule has 0 bridgehead atoms. The molecule has 3 rings (SSSR count). The Hall–Kier alpha value is -3.22. The number of carbonyl (C=O) groups is 1. The minimum Gasteiger partial charge on any atom is -0.497 e. The summed E-state index contributed by atoms with van der Waals surface area (Å²) in [5, 5.41) is 9.40. The van der Waals surface area contributed by atoms with Crippen LogP contribution in [0.25, 0.3) is 0 Å². The van der Waals surface area contributed by atoms with Crippen molar-refractivity contribution in [3.63, 3.8) is 0 Å². The van der Waals surface area contributed by atoms with Gasteiger partial charge in [0, 0.05) is 18.7 Å². The quantitative estimate of drug-likeness (QED) is 0.363. The molecule has 0 aliphatic carbocycles. The summed E-state index contributed by atoms with van der Waals surface area (Å²) in [5.74, 6) is 2.44. The first-order valence-electron chi connectivity index (χ1n) is 9.88. The average Bonchev–Trinajstić information content (AvgIpc) is 2.75. The number of amides is 1. The highest BCUT2D eigenvalue weighted by molar-refractivity contribution is 5.94. The Bertz CT molecular complexity index is 867. The third kappa shape index (κ3) is 6.14. The molecular formula is C22H28N4O3. The summed E-state index contributed by atoms with van der Waals surface area (Å²) in [6, 6.07) is 13.7. The maximum atomic E-state index is 11.4. The molecule has 0 saturated heterocycles. The van der Waals surface area contributed by atoms with E-state index in [1.54, 1.807) is 7.11 Å². The lowest BCUT2D eigenvalue weighted by Gasteiger charge is -2.18. The van der Waals surface area contributed by atoms with Gasteiger partial charge < -0.3 is 25.4 Å². The number of methoxy groups -OCH3 is 1. The van der Waals surface area contributed by atoms with Crippen molar-refractivity contribution >= 4 is 17.6 Å². The van der Waals surface area contributed by atoms with Crippen LogP contribution in [0, 0.1) is 0 Å². The fourth-order valence-corrected chi connectivity index (χ4v) is 3.07. The minimum atomic E-state index is 0.0690. The van der Waals surface area contributed by atoms with Crippen LogP contribution in [0.3, 0.4) is 0 Å². The lowest BCUT2D eigenvalue weighted by molar-refractivity contribution is -0.116. The zero-order valence-corrected chi connectivity index (χ0v) is 17.0. The van der Waals surface area contributed by atoms with Crippen molar-refractivity contribution in [2.75, 3.05) is 32.1 Å². The zero-order chi connectivity index (χ0) is 20.5. The zero-order valence-electron chi connectivity index (χ0n) is 17.0. The van der Waals surface area contributed by atoms with Crippen molar-refractivity contribution in [1.29, 1.82) is 0 Å². The summed E-state index contributed by atoms with van der Waals surface area (Å²) >= 11 is 0. The Labute approximate surface area is 171 Å². The molecule has 3 N–H and O–H groups in total. The molecule has 0 spiro atoms. The van der Waals surface area contributed by atoms with E-state index in [2.05, 4.69) is 20.9 Å². The molecule has 2 aromatic carbocycles. The number of nitrogens with zero attached hydrogens (tertiary/aromatic N) is 1. The van der Waals surface area contributed by atoms with Gasteiger partial charge in [0.1, 0.15) is 18.1 Å². The van der Waals surface area contributed by atoms with Gasteiger partial charge >= 0.3 is 0 Å². The van der Waals surface area contributed by atoms with Crippen LogP contribution in [0.15, 0.2) is 47.5 Å². The summed E-state index contributed by atoms with van der Waals surface area (Å²) < 4.78 is 11.1. The van der Waals surface area contributed by atoms with Crippen LogP contribution in [0.5, 0.6) is 11.5 Å². The van der Waals surface area contributed by atoms with Crippen LogP contribution in [-0.4, -0.2) is 38.7 Å². The Morgan fingerprint density at radius 3 is 2.86 bits per heavy atom. The van der Waals surface area contributed by atoms with Crippen LogP contribution < -0.4 is 25.4 Å². The van der Waals surface area contributed by atoms with E-state index in [1.165, 1.54) is 0 Å². The molecule has 7 heteroatoms. The number of aryl methyl sites for hydroxylation is 1. The predicted molar refractivity (Wildman–Crippen MR) is 115 cm³/mol. The monoisotopic (exact) mass is 396 g/mol. The van der Waals surface area contributed by atoms with Gasteiger partial charge in [0.15, 0.2) is 5.96 Å². The van der Waals surface area contributed by atoms with Crippen LogP contribution >= 0.6 is 0 Å². The van der Waals surface area contributed by atoms with Crippen LogP contribution in [-0.2, 0) is 17.8 Å². The first kappa shape index (κ1) is 20.5. The van der Waals surface area contributed by atoms with Gasteiger partial charge in [-0.15, -0.1) is 0 Å². The SMILES string of the molecule is CCNC(=NCc1cccc(OC)c1)NCCOc1ccc2c(c1)CCC(=O)N2. The first-order valence-corrected chi connectivity index (χ1v) is 9.88. The Morgan fingerprint density at radius 1 is 1.14 bits per heavy atom. The second-order valence-corrected chi connectivity index (χ2v) is 6.69. The molecular weight excluding hydrogens is 368 g/mol. The summed E-state index contributed by atoms with van der Waals surface area (Å²) in [7, 11) is 1.66. The lowest BCUT2D eigenvalue weighted by Crippen LogP contribution is -2.39. The maximum absolute atomic E-state index is 11.4. The van der Waals surface area contributed by atoms with Crippen LogP contribution in [0.4, 0.5) is 5.69 Å². The normalized spacial score (nSPS) is 13.3. The van der Waals surface area contributed by atoms with Crippen molar-refractivity contribution in [2.45, 2.75) is 26.3 Å². The van der Waals surface area contributed by atoms with Crippen LogP contribution in [0.1, 0.15) is 24.5 Å². The topological polar surface area (TPSA) is 84.0 Å². The fourth-order valence-electron chi connectivity index (χ4n) is 3.07. The number of hydrogen-bond donors (Lipinski definition) is 3. The second kappa shape index (κ2) is 10.4. The number of carbonyl (C=O) groups excluding carboxylic acids is 1. The lowest BCUT2D eigenvalue weighted by atomic mass is 10.0. The molecule has 7 nitrogen and oxygen atoms in total. The summed E-state index contributed by atoms with van der Waals surface area (Å²) in [4.78, 5) is 16.1. The van der Waals surface area contributed by atoms with E-state index in [0.717, 1.165) is 47.2 Å². The third-order valence-corrected chi connectivity index (χ3v) is 4.53. The van der Waals surface area contributed by atoms with E-state index in [1.807, 2.05) is 49.4 Å². The smallest absolute Gasteiger partial charge is 0.224 e. The number of fused-ring (bicyclic) bond motifs is 1. The summed E-state index contributed by atoms with van der Waals surface area (Å²) in [6.07, 6.45) is 1.27. The molecule has 29 heavy (non-hydrogen) atoms. The van der Waals surface area contributed by atoms with Crippen molar-refractivity contribution < 1.29 is 14.3 Å². The highest BCUT2D eigenvalue weighted by Crippen LogP contribution is 2.26. The van der Waals surface area contributed by atoms with Gasteiger partial charge in [-0.3, -0.25) is 4.79 Å². The number of hydrogen-bond acceptors (Lipinski definition) is 4. The second-order valence-electron chi connectivity index (χ2n) is 6.69. The molecule has 0 unspecified atom stereocenters. The van der Waals surface area contributed by atoms with E-state index in [9.17, 15) is 4.79 Å². The van der Waals surface area contributed by atoms with Crippen molar-refractivity contribution in [3.8, 4) is 11.5 Å². The average molecular weight is 396 g/mol. The van der Waals surface area contributed by atoms with E-state index in [0.29, 0.717) is 26.1 Å². The number of ether oxygens (including phenoxy) is 2. The number of guanidine groups is 1. The molecule has 0 fully saturated rings. The van der Waals surface area contributed by atoms with Gasteiger partial charge in [0.05, 0.1) is 20.2 Å². The number of benzene rings is 2. The fraction of sp³-hybridized carbons (Fsp3) is 0.364. The van der Waals surface area contributed by atoms with E-state index < -0.39 is 0 Å². The molecule has 0 atom stereocenters. The highest BCUT2D eigenvalue weighted by Gasteiger charge is 2.14.